The van der Waals surface area contributed by atoms with E-state index in [1.807, 2.05) is 0 Å². The van der Waals surface area contributed by atoms with Crippen LogP contribution < -0.4 is 10.1 Å². The molecule has 1 amide bonds. The zero-order valence-electron chi connectivity index (χ0n) is 18.3. The standard InChI is InChI=1S/C22H20F5N5O3/c1-32-11-13(10-28-32)19-29-16(12-4-6-14(7-5-12)35-22(25,26)27)9-17(30-19)20(34)31-15-3-2-8-21(23,24)18(15)33/h4-7,9-11,15,18,33H,2-3,8H2,1H3,(H,31,34). The number of amides is 1. The molecule has 0 radical (unpaired) electrons. The normalized spacial score (nSPS) is 19.9. The number of aliphatic hydroxyl groups is 1. The first-order chi connectivity index (χ1) is 16.4. The number of halogens is 5. The van der Waals surface area contributed by atoms with Gasteiger partial charge in [-0.1, -0.05) is 0 Å². The topological polar surface area (TPSA) is 102 Å². The smallest absolute Gasteiger partial charge is 0.406 e. The van der Waals surface area contributed by atoms with Crippen LogP contribution in [0.2, 0.25) is 0 Å². The van der Waals surface area contributed by atoms with Crippen LogP contribution in [0.15, 0.2) is 42.7 Å². The van der Waals surface area contributed by atoms with Crippen LogP contribution in [0.4, 0.5) is 22.0 Å². The summed E-state index contributed by atoms with van der Waals surface area (Å²) >= 11 is 0. The summed E-state index contributed by atoms with van der Waals surface area (Å²) in [5.74, 6) is -4.48. The summed E-state index contributed by atoms with van der Waals surface area (Å²) in [5, 5.41) is 16.4. The van der Waals surface area contributed by atoms with E-state index in [2.05, 4.69) is 25.1 Å². The highest BCUT2D eigenvalue weighted by Crippen LogP contribution is 2.34. The van der Waals surface area contributed by atoms with Gasteiger partial charge in [0.25, 0.3) is 11.8 Å². The van der Waals surface area contributed by atoms with E-state index in [-0.39, 0.29) is 30.1 Å². The van der Waals surface area contributed by atoms with Crippen molar-refractivity contribution in [2.45, 2.75) is 43.7 Å². The maximum absolute atomic E-state index is 13.9. The molecule has 1 fully saturated rings. The molecule has 2 unspecified atom stereocenters. The minimum absolute atomic E-state index is 0.0888. The summed E-state index contributed by atoms with van der Waals surface area (Å²) in [6.07, 6.45) is -4.04. The number of aliphatic hydroxyl groups excluding tert-OH is 1. The number of aromatic nitrogens is 4. The second-order valence-corrected chi connectivity index (χ2v) is 8.11. The van der Waals surface area contributed by atoms with Gasteiger partial charge < -0.3 is 15.2 Å². The molecule has 2 heterocycles. The van der Waals surface area contributed by atoms with E-state index < -0.39 is 42.5 Å². The molecule has 4 rings (SSSR count). The van der Waals surface area contributed by atoms with Crippen LogP contribution in [0.5, 0.6) is 5.75 Å². The lowest BCUT2D eigenvalue weighted by Gasteiger charge is -2.34. The van der Waals surface area contributed by atoms with E-state index in [4.69, 9.17) is 0 Å². The largest absolute Gasteiger partial charge is 0.573 e. The second-order valence-electron chi connectivity index (χ2n) is 8.11. The van der Waals surface area contributed by atoms with Gasteiger partial charge in [-0.05, 0) is 43.2 Å². The number of nitrogens with zero attached hydrogens (tertiary/aromatic N) is 4. The van der Waals surface area contributed by atoms with Crippen LogP contribution in [-0.4, -0.2) is 55.2 Å². The molecule has 1 aliphatic carbocycles. The van der Waals surface area contributed by atoms with E-state index in [9.17, 15) is 31.9 Å². The molecule has 1 saturated carbocycles. The van der Waals surface area contributed by atoms with E-state index in [0.717, 1.165) is 12.1 Å². The van der Waals surface area contributed by atoms with Crippen LogP contribution in [-0.2, 0) is 7.05 Å². The fourth-order valence-electron chi connectivity index (χ4n) is 3.76. The number of rotatable bonds is 5. The Morgan fingerprint density at radius 1 is 1.20 bits per heavy atom. The van der Waals surface area contributed by atoms with E-state index in [0.29, 0.717) is 11.1 Å². The lowest BCUT2D eigenvalue weighted by Crippen LogP contribution is -2.54. The molecule has 2 atom stereocenters. The number of aryl methyl sites for hydroxylation is 1. The maximum atomic E-state index is 13.9. The Morgan fingerprint density at radius 2 is 1.91 bits per heavy atom. The minimum atomic E-state index is -4.85. The Hall–Kier alpha value is -3.61. The van der Waals surface area contributed by atoms with Crippen molar-refractivity contribution in [1.82, 2.24) is 25.1 Å². The fraction of sp³-hybridized carbons (Fsp3) is 0.364. The van der Waals surface area contributed by atoms with Gasteiger partial charge in [-0.25, -0.2) is 18.7 Å². The van der Waals surface area contributed by atoms with Crippen molar-refractivity contribution in [3.05, 3.63) is 48.4 Å². The monoisotopic (exact) mass is 497 g/mol. The third-order valence-electron chi connectivity index (χ3n) is 5.46. The lowest BCUT2D eigenvalue weighted by atomic mass is 9.89. The number of nitrogens with one attached hydrogen (secondary N) is 1. The van der Waals surface area contributed by atoms with E-state index in [1.54, 1.807) is 13.2 Å². The zero-order valence-corrected chi connectivity index (χ0v) is 18.3. The molecule has 35 heavy (non-hydrogen) atoms. The third-order valence-corrected chi connectivity index (χ3v) is 5.46. The van der Waals surface area contributed by atoms with E-state index >= 15 is 0 Å². The number of ether oxygens (including phenoxy) is 1. The van der Waals surface area contributed by atoms with Crippen LogP contribution >= 0.6 is 0 Å². The minimum Gasteiger partial charge on any atom is -0.406 e. The third kappa shape index (κ3) is 5.73. The highest BCUT2D eigenvalue weighted by atomic mass is 19.4. The molecule has 0 spiro atoms. The fourth-order valence-corrected chi connectivity index (χ4v) is 3.76. The van der Waals surface area contributed by atoms with Gasteiger partial charge in [0.15, 0.2) is 5.82 Å². The summed E-state index contributed by atoms with van der Waals surface area (Å²) in [4.78, 5) is 21.5. The highest BCUT2D eigenvalue weighted by molar-refractivity contribution is 5.94. The Labute approximate surface area is 195 Å². The molecule has 0 saturated heterocycles. The summed E-state index contributed by atoms with van der Waals surface area (Å²) in [6, 6.07) is 4.93. The predicted molar refractivity (Wildman–Crippen MR) is 112 cm³/mol. The van der Waals surface area contributed by atoms with Gasteiger partial charge in [-0.15, -0.1) is 13.2 Å². The van der Waals surface area contributed by atoms with Crippen LogP contribution in [0, 0.1) is 0 Å². The van der Waals surface area contributed by atoms with Crippen LogP contribution in [0.1, 0.15) is 29.8 Å². The summed E-state index contributed by atoms with van der Waals surface area (Å²) in [5.41, 5.74) is 0.817. The summed E-state index contributed by atoms with van der Waals surface area (Å²) < 4.78 is 70.5. The SMILES string of the molecule is Cn1cc(-c2nc(C(=O)NC3CCCC(F)(F)C3O)cc(-c3ccc(OC(F)(F)F)cc3)n2)cn1. The number of benzene rings is 1. The number of hydrogen-bond acceptors (Lipinski definition) is 6. The Bertz CT molecular complexity index is 1210. The highest BCUT2D eigenvalue weighted by Gasteiger charge is 2.46. The molecule has 186 valence electrons. The van der Waals surface area contributed by atoms with Crippen molar-refractivity contribution in [2.75, 3.05) is 0 Å². The molecule has 2 aromatic heterocycles. The lowest BCUT2D eigenvalue weighted by molar-refractivity contribution is -0.274. The molecule has 1 aliphatic rings. The van der Waals surface area contributed by atoms with Gasteiger partial charge in [0.05, 0.1) is 23.5 Å². The Kier molecular flexibility index (Phi) is 6.45. The molecule has 0 aliphatic heterocycles. The van der Waals surface area contributed by atoms with Crippen LogP contribution in [0.3, 0.4) is 0 Å². The van der Waals surface area contributed by atoms with Crippen molar-refractivity contribution in [2.24, 2.45) is 7.05 Å². The second kappa shape index (κ2) is 9.21. The molecular formula is C22H20F5N5O3. The number of carbonyl (C=O) groups is 1. The van der Waals surface area contributed by atoms with Gasteiger partial charge in [0, 0.05) is 25.2 Å². The number of hydrogen-bond donors (Lipinski definition) is 2. The van der Waals surface area contributed by atoms with Gasteiger partial charge in [-0.3, -0.25) is 9.48 Å². The molecule has 0 bridgehead atoms. The average Bonchev–Trinajstić information content (AvgIpc) is 3.22. The van der Waals surface area contributed by atoms with Gasteiger partial charge in [0.2, 0.25) is 0 Å². The number of carbonyl (C=O) groups excluding carboxylic acids is 1. The summed E-state index contributed by atoms with van der Waals surface area (Å²) in [6.45, 7) is 0. The average molecular weight is 497 g/mol. The van der Waals surface area contributed by atoms with Crippen molar-refractivity contribution in [1.29, 1.82) is 0 Å². The molecule has 2 N–H and O–H groups in total. The molecular weight excluding hydrogens is 477 g/mol. The quantitative estimate of drug-likeness (QED) is 0.521. The number of alkyl halides is 5. The molecule has 8 nitrogen and oxygen atoms in total. The maximum Gasteiger partial charge on any atom is 0.573 e. The Balaban J connectivity index is 1.67. The predicted octanol–water partition coefficient (Wildman–Crippen LogP) is 3.72. The first-order valence-corrected chi connectivity index (χ1v) is 10.5. The van der Waals surface area contributed by atoms with Gasteiger partial charge in [-0.2, -0.15) is 5.10 Å². The van der Waals surface area contributed by atoms with Crippen molar-refractivity contribution in [3.63, 3.8) is 0 Å². The first-order valence-electron chi connectivity index (χ1n) is 10.5. The van der Waals surface area contributed by atoms with Crippen molar-refractivity contribution >= 4 is 5.91 Å². The van der Waals surface area contributed by atoms with E-state index in [1.165, 1.54) is 29.1 Å². The molecule has 13 heteroatoms. The first kappa shape index (κ1) is 24.5. The van der Waals surface area contributed by atoms with Gasteiger partial charge >= 0.3 is 6.36 Å². The molecule has 1 aromatic carbocycles. The van der Waals surface area contributed by atoms with Crippen molar-refractivity contribution < 1.29 is 36.6 Å². The zero-order chi connectivity index (χ0) is 25.4. The molecule has 3 aromatic rings. The van der Waals surface area contributed by atoms with Crippen molar-refractivity contribution in [3.8, 4) is 28.4 Å². The Morgan fingerprint density at radius 3 is 2.54 bits per heavy atom. The van der Waals surface area contributed by atoms with Gasteiger partial charge in [0.1, 0.15) is 17.5 Å². The van der Waals surface area contributed by atoms with Crippen LogP contribution in [0.25, 0.3) is 22.6 Å². The summed E-state index contributed by atoms with van der Waals surface area (Å²) in [7, 11) is 1.66.